The summed E-state index contributed by atoms with van der Waals surface area (Å²) >= 11 is 24.4. The van der Waals surface area contributed by atoms with Crippen LogP contribution in [0.2, 0.25) is 20.1 Å². The van der Waals surface area contributed by atoms with E-state index < -0.39 is 0 Å². The maximum atomic E-state index is 11.1. The largest absolute Gasteiger partial charge is 0.369 e. The van der Waals surface area contributed by atoms with Gasteiger partial charge in [0.2, 0.25) is 5.91 Å². The number of rotatable bonds is 4. The molecule has 4 N–H and O–H groups in total. The Hall–Kier alpha value is -1.51. The molecule has 0 aliphatic carbocycles. The second kappa shape index (κ2) is 12.3. The van der Waals surface area contributed by atoms with Crippen molar-refractivity contribution in [3.8, 4) is 0 Å². The Balaban J connectivity index is 0.000000186. The van der Waals surface area contributed by atoms with Crippen LogP contribution in [0.5, 0.6) is 0 Å². The molecule has 2 fully saturated rings. The highest BCUT2D eigenvalue weighted by atomic mass is 35.5. The summed E-state index contributed by atoms with van der Waals surface area (Å²) in [6.45, 7) is 4.16. The molecule has 0 aromatic carbocycles. The normalized spacial score (nSPS) is 17.5. The minimum atomic E-state index is -0.225. The number of amides is 1. The molecule has 2 aliphatic heterocycles. The van der Waals surface area contributed by atoms with Gasteiger partial charge in [0.25, 0.3) is 0 Å². The summed E-state index contributed by atoms with van der Waals surface area (Å²) in [4.78, 5) is 23.2. The van der Waals surface area contributed by atoms with Gasteiger partial charge in [-0.2, -0.15) is 0 Å². The molecule has 2 saturated heterocycles. The number of carbonyl (C=O) groups is 1. The van der Waals surface area contributed by atoms with Gasteiger partial charge in [0, 0.05) is 56.9 Å². The first-order valence-electron chi connectivity index (χ1n) is 10.9. The van der Waals surface area contributed by atoms with Crippen LogP contribution in [0.1, 0.15) is 25.7 Å². The first kappa shape index (κ1) is 26.1. The molecule has 2 aromatic heterocycles. The lowest BCUT2D eigenvalue weighted by Gasteiger charge is -2.33. The standard InChI is InChI=1S/C11H13Cl2N3O.C11H15Cl2N3/c12-8-5-15-6-9(13)10(8)16-3-1-7(2-4-16)11(14)17;12-9-6-15-7-10(13)11(9)16-3-1-8(5-14)2-4-16/h5-7H,1-4H2,(H2,14,17);6-8H,1-5,14H2. The highest BCUT2D eigenvalue weighted by Gasteiger charge is 2.25. The Morgan fingerprint density at radius 3 is 1.48 bits per heavy atom. The van der Waals surface area contributed by atoms with Gasteiger partial charge in [-0.1, -0.05) is 46.4 Å². The maximum absolute atomic E-state index is 11.1. The van der Waals surface area contributed by atoms with Gasteiger partial charge in [0.15, 0.2) is 0 Å². The molecule has 0 spiro atoms. The van der Waals surface area contributed by atoms with Crippen LogP contribution in [0.15, 0.2) is 24.8 Å². The van der Waals surface area contributed by atoms with Gasteiger partial charge in [0.1, 0.15) is 0 Å². The molecule has 7 nitrogen and oxygen atoms in total. The minimum absolute atomic E-state index is 0.0364. The fourth-order valence-electron chi connectivity index (χ4n) is 4.19. The van der Waals surface area contributed by atoms with Gasteiger partial charge in [-0.05, 0) is 38.1 Å². The fraction of sp³-hybridized carbons (Fsp3) is 0.500. The molecule has 0 saturated carbocycles. The summed E-state index contributed by atoms with van der Waals surface area (Å²) in [6, 6.07) is 0. The number of halogens is 4. The zero-order valence-electron chi connectivity index (χ0n) is 18.2. The van der Waals surface area contributed by atoms with E-state index in [0.717, 1.165) is 69.8 Å². The van der Waals surface area contributed by atoms with E-state index in [1.807, 2.05) is 0 Å². The molecule has 4 rings (SSSR count). The monoisotopic (exact) mass is 532 g/mol. The molecule has 33 heavy (non-hydrogen) atoms. The summed E-state index contributed by atoms with van der Waals surface area (Å²) in [5.74, 6) is 0.373. The van der Waals surface area contributed by atoms with E-state index in [1.54, 1.807) is 24.8 Å². The van der Waals surface area contributed by atoms with E-state index in [0.29, 0.717) is 26.0 Å². The summed E-state index contributed by atoms with van der Waals surface area (Å²) in [5, 5.41) is 2.32. The molecule has 2 aliphatic rings. The van der Waals surface area contributed by atoms with Crippen molar-refractivity contribution >= 4 is 63.7 Å². The molecule has 0 bridgehead atoms. The average molecular weight is 534 g/mol. The summed E-state index contributed by atoms with van der Waals surface area (Å²) in [6.07, 6.45) is 10.1. The van der Waals surface area contributed by atoms with Gasteiger partial charge in [-0.25, -0.2) is 0 Å². The van der Waals surface area contributed by atoms with E-state index in [-0.39, 0.29) is 11.8 Å². The Morgan fingerprint density at radius 2 is 1.15 bits per heavy atom. The number of nitrogens with two attached hydrogens (primary N) is 2. The Morgan fingerprint density at radius 1 is 0.788 bits per heavy atom. The topological polar surface area (TPSA) is 101 Å². The Labute approximate surface area is 214 Å². The molecule has 4 heterocycles. The van der Waals surface area contributed by atoms with Gasteiger partial charge < -0.3 is 21.3 Å². The molecule has 180 valence electrons. The van der Waals surface area contributed by atoms with Crippen LogP contribution >= 0.6 is 46.4 Å². The van der Waals surface area contributed by atoms with Crippen molar-refractivity contribution in [3.05, 3.63) is 44.9 Å². The zero-order valence-corrected chi connectivity index (χ0v) is 21.2. The van der Waals surface area contributed by atoms with Crippen molar-refractivity contribution in [2.24, 2.45) is 23.3 Å². The van der Waals surface area contributed by atoms with Crippen LogP contribution in [0, 0.1) is 11.8 Å². The van der Waals surface area contributed by atoms with Crippen molar-refractivity contribution in [1.29, 1.82) is 0 Å². The van der Waals surface area contributed by atoms with Crippen molar-refractivity contribution in [1.82, 2.24) is 9.97 Å². The molecule has 2 aromatic rings. The predicted molar refractivity (Wildman–Crippen MR) is 137 cm³/mol. The van der Waals surface area contributed by atoms with Gasteiger partial charge in [-0.3, -0.25) is 14.8 Å². The molecule has 0 atom stereocenters. The number of carbonyl (C=O) groups excluding carboxylic acids is 1. The zero-order chi connectivity index (χ0) is 24.0. The first-order valence-corrected chi connectivity index (χ1v) is 12.4. The third-order valence-electron chi connectivity index (χ3n) is 6.13. The van der Waals surface area contributed by atoms with Crippen LogP contribution in [0.25, 0.3) is 0 Å². The third kappa shape index (κ3) is 6.76. The Kier molecular flexibility index (Phi) is 9.70. The highest BCUT2D eigenvalue weighted by molar-refractivity contribution is 6.39. The molecular formula is C22H28Cl4N6O. The van der Waals surface area contributed by atoms with Crippen LogP contribution in [0.3, 0.4) is 0 Å². The number of hydrogen-bond acceptors (Lipinski definition) is 6. The number of pyridine rings is 2. The minimum Gasteiger partial charge on any atom is -0.369 e. The van der Waals surface area contributed by atoms with E-state index in [2.05, 4.69) is 19.8 Å². The second-order valence-corrected chi connectivity index (χ2v) is 9.86. The number of primary amides is 1. The lowest BCUT2D eigenvalue weighted by atomic mass is 9.96. The first-order chi connectivity index (χ1) is 15.8. The van der Waals surface area contributed by atoms with Crippen LogP contribution in [0.4, 0.5) is 11.4 Å². The van der Waals surface area contributed by atoms with Gasteiger partial charge >= 0.3 is 0 Å². The molecule has 0 radical (unpaired) electrons. The van der Waals surface area contributed by atoms with E-state index in [9.17, 15) is 4.79 Å². The maximum Gasteiger partial charge on any atom is 0.220 e. The summed E-state index contributed by atoms with van der Waals surface area (Å²) < 4.78 is 0. The third-order valence-corrected chi connectivity index (χ3v) is 7.24. The number of hydrogen-bond donors (Lipinski definition) is 2. The summed E-state index contributed by atoms with van der Waals surface area (Å²) in [5.41, 5.74) is 12.7. The van der Waals surface area contributed by atoms with E-state index >= 15 is 0 Å². The van der Waals surface area contributed by atoms with Crippen LogP contribution in [-0.2, 0) is 4.79 Å². The van der Waals surface area contributed by atoms with Gasteiger partial charge in [0.05, 0.1) is 31.5 Å². The lowest BCUT2D eigenvalue weighted by Crippen LogP contribution is -2.38. The van der Waals surface area contributed by atoms with Gasteiger partial charge in [-0.15, -0.1) is 0 Å². The molecule has 1 amide bonds. The van der Waals surface area contributed by atoms with Crippen molar-refractivity contribution < 1.29 is 4.79 Å². The quantitative estimate of drug-likeness (QED) is 0.593. The number of anilines is 2. The fourth-order valence-corrected chi connectivity index (χ4v) is 5.40. The number of nitrogens with zero attached hydrogens (tertiary/aromatic N) is 4. The lowest BCUT2D eigenvalue weighted by molar-refractivity contribution is -0.122. The molecule has 0 unspecified atom stereocenters. The summed E-state index contributed by atoms with van der Waals surface area (Å²) in [7, 11) is 0. The van der Waals surface area contributed by atoms with E-state index in [4.69, 9.17) is 57.9 Å². The SMILES string of the molecule is NC(=O)C1CCN(c2c(Cl)cncc2Cl)CC1.NCC1CCN(c2c(Cl)cncc2Cl)CC1. The van der Waals surface area contributed by atoms with Crippen LogP contribution < -0.4 is 21.3 Å². The molecule has 11 heteroatoms. The molecular weight excluding hydrogens is 506 g/mol. The second-order valence-electron chi connectivity index (χ2n) is 8.23. The van der Waals surface area contributed by atoms with Crippen molar-refractivity contribution in [3.63, 3.8) is 0 Å². The number of aromatic nitrogens is 2. The smallest absolute Gasteiger partial charge is 0.220 e. The Bertz CT molecular complexity index is 906. The number of piperidine rings is 2. The van der Waals surface area contributed by atoms with Crippen molar-refractivity contribution in [2.45, 2.75) is 25.7 Å². The average Bonchev–Trinajstić information content (AvgIpc) is 2.80. The van der Waals surface area contributed by atoms with Crippen molar-refractivity contribution in [2.75, 3.05) is 42.5 Å². The highest BCUT2D eigenvalue weighted by Crippen LogP contribution is 2.36. The van der Waals surface area contributed by atoms with Crippen LogP contribution in [-0.4, -0.2) is 48.6 Å². The van der Waals surface area contributed by atoms with E-state index in [1.165, 1.54) is 0 Å². The predicted octanol–water partition coefficient (Wildman–Crippen LogP) is 4.65.